The molecule has 2 N–H and O–H groups in total. The van der Waals surface area contributed by atoms with Crippen molar-refractivity contribution in [2.24, 2.45) is 0 Å². The standard InChI is InChI=1S/C10H21N3O/c1-13-4-5-14-10(8-13)7-12-9-2-3-11-6-9/h9-12H,2-8H2,1H3. The Morgan fingerprint density at radius 1 is 1.57 bits per heavy atom. The molecule has 0 spiro atoms. The van der Waals surface area contributed by atoms with Crippen molar-refractivity contribution in [1.29, 1.82) is 0 Å². The average molecular weight is 199 g/mol. The van der Waals surface area contributed by atoms with Gasteiger partial charge in [0.1, 0.15) is 0 Å². The molecule has 0 bridgehead atoms. The van der Waals surface area contributed by atoms with Crippen LogP contribution in [0.15, 0.2) is 0 Å². The van der Waals surface area contributed by atoms with E-state index in [9.17, 15) is 0 Å². The number of hydrogen-bond donors (Lipinski definition) is 2. The van der Waals surface area contributed by atoms with E-state index < -0.39 is 0 Å². The van der Waals surface area contributed by atoms with E-state index in [1.807, 2.05) is 0 Å². The number of hydrogen-bond acceptors (Lipinski definition) is 4. The van der Waals surface area contributed by atoms with Gasteiger partial charge in [-0.1, -0.05) is 0 Å². The van der Waals surface area contributed by atoms with Gasteiger partial charge >= 0.3 is 0 Å². The Labute approximate surface area is 86.0 Å². The van der Waals surface area contributed by atoms with E-state index in [2.05, 4.69) is 22.6 Å². The van der Waals surface area contributed by atoms with Crippen molar-refractivity contribution in [3.63, 3.8) is 0 Å². The summed E-state index contributed by atoms with van der Waals surface area (Å²) in [7, 11) is 2.16. The SMILES string of the molecule is CN1CCOC(CNC2CCNC2)C1. The molecule has 0 radical (unpaired) electrons. The van der Waals surface area contributed by atoms with Gasteiger partial charge in [0.15, 0.2) is 0 Å². The van der Waals surface area contributed by atoms with Crippen LogP contribution >= 0.6 is 0 Å². The van der Waals surface area contributed by atoms with Gasteiger partial charge < -0.3 is 20.3 Å². The Kier molecular flexibility index (Phi) is 3.75. The van der Waals surface area contributed by atoms with E-state index in [0.29, 0.717) is 12.1 Å². The molecular formula is C10H21N3O. The van der Waals surface area contributed by atoms with Crippen LogP contribution in [0.2, 0.25) is 0 Å². The second kappa shape index (κ2) is 5.07. The van der Waals surface area contributed by atoms with Crippen molar-refractivity contribution in [3.05, 3.63) is 0 Å². The highest BCUT2D eigenvalue weighted by atomic mass is 16.5. The zero-order chi connectivity index (χ0) is 9.80. The summed E-state index contributed by atoms with van der Waals surface area (Å²) in [6.07, 6.45) is 1.64. The van der Waals surface area contributed by atoms with Crippen LogP contribution in [0.5, 0.6) is 0 Å². The first kappa shape index (κ1) is 10.4. The molecule has 82 valence electrons. The van der Waals surface area contributed by atoms with Gasteiger partial charge in [0.25, 0.3) is 0 Å². The number of nitrogens with one attached hydrogen (secondary N) is 2. The largest absolute Gasteiger partial charge is 0.374 e. The molecular weight excluding hydrogens is 178 g/mol. The highest BCUT2D eigenvalue weighted by Crippen LogP contribution is 2.03. The lowest BCUT2D eigenvalue weighted by atomic mass is 10.2. The van der Waals surface area contributed by atoms with Crippen LogP contribution < -0.4 is 10.6 Å². The third kappa shape index (κ3) is 2.92. The van der Waals surface area contributed by atoms with Gasteiger partial charge in [-0.05, 0) is 20.0 Å². The maximum absolute atomic E-state index is 5.68. The minimum absolute atomic E-state index is 0.384. The molecule has 0 aromatic carbocycles. The number of ether oxygens (including phenoxy) is 1. The number of nitrogens with zero attached hydrogens (tertiary/aromatic N) is 1. The summed E-state index contributed by atoms with van der Waals surface area (Å²) in [5.41, 5.74) is 0. The summed E-state index contributed by atoms with van der Waals surface area (Å²) >= 11 is 0. The van der Waals surface area contributed by atoms with Gasteiger partial charge in [-0.25, -0.2) is 0 Å². The van der Waals surface area contributed by atoms with Crippen molar-refractivity contribution < 1.29 is 4.74 Å². The maximum atomic E-state index is 5.68. The molecule has 2 unspecified atom stereocenters. The van der Waals surface area contributed by atoms with Crippen molar-refractivity contribution in [1.82, 2.24) is 15.5 Å². The van der Waals surface area contributed by atoms with Crippen LogP contribution in [0.1, 0.15) is 6.42 Å². The van der Waals surface area contributed by atoms with Crippen molar-refractivity contribution in [2.45, 2.75) is 18.6 Å². The van der Waals surface area contributed by atoms with E-state index in [0.717, 1.165) is 39.3 Å². The van der Waals surface area contributed by atoms with E-state index in [-0.39, 0.29) is 0 Å². The van der Waals surface area contributed by atoms with Gasteiger partial charge in [-0.15, -0.1) is 0 Å². The first-order valence-electron chi connectivity index (χ1n) is 5.59. The van der Waals surface area contributed by atoms with Crippen LogP contribution in [0.3, 0.4) is 0 Å². The van der Waals surface area contributed by atoms with Crippen LogP contribution in [-0.2, 0) is 4.74 Å². The quantitative estimate of drug-likeness (QED) is 0.628. The molecule has 14 heavy (non-hydrogen) atoms. The Hall–Kier alpha value is -0.160. The molecule has 0 aromatic heterocycles. The molecule has 4 heteroatoms. The average Bonchev–Trinajstić information content (AvgIpc) is 2.67. The van der Waals surface area contributed by atoms with E-state index >= 15 is 0 Å². The highest BCUT2D eigenvalue weighted by molar-refractivity contribution is 4.80. The van der Waals surface area contributed by atoms with Crippen molar-refractivity contribution in [3.8, 4) is 0 Å². The van der Waals surface area contributed by atoms with Crippen LogP contribution in [0.4, 0.5) is 0 Å². The molecule has 2 heterocycles. The second-order valence-corrected chi connectivity index (χ2v) is 4.35. The van der Waals surface area contributed by atoms with Gasteiger partial charge in [0.2, 0.25) is 0 Å². The summed E-state index contributed by atoms with van der Waals surface area (Å²) in [5, 5.41) is 6.91. The third-order valence-electron chi connectivity index (χ3n) is 3.04. The predicted molar refractivity (Wildman–Crippen MR) is 56.5 cm³/mol. The van der Waals surface area contributed by atoms with Gasteiger partial charge in [-0.2, -0.15) is 0 Å². The smallest absolute Gasteiger partial charge is 0.0826 e. The van der Waals surface area contributed by atoms with E-state index in [1.165, 1.54) is 6.42 Å². The molecule has 0 saturated carbocycles. The minimum atomic E-state index is 0.384. The molecule has 4 nitrogen and oxygen atoms in total. The fourth-order valence-electron chi connectivity index (χ4n) is 2.12. The third-order valence-corrected chi connectivity index (χ3v) is 3.04. The zero-order valence-corrected chi connectivity index (χ0v) is 8.96. The molecule has 2 aliphatic heterocycles. The van der Waals surface area contributed by atoms with Crippen LogP contribution in [0.25, 0.3) is 0 Å². The lowest BCUT2D eigenvalue weighted by Crippen LogP contribution is -2.47. The number of morpholine rings is 1. The Morgan fingerprint density at radius 2 is 2.50 bits per heavy atom. The Balaban J connectivity index is 1.64. The molecule has 0 aromatic rings. The first-order valence-corrected chi connectivity index (χ1v) is 5.59. The minimum Gasteiger partial charge on any atom is -0.374 e. The van der Waals surface area contributed by atoms with Crippen LogP contribution in [0, 0.1) is 0 Å². The summed E-state index contributed by atoms with van der Waals surface area (Å²) in [6, 6.07) is 0.658. The fourth-order valence-corrected chi connectivity index (χ4v) is 2.12. The lowest BCUT2D eigenvalue weighted by molar-refractivity contribution is -0.0190. The van der Waals surface area contributed by atoms with Crippen molar-refractivity contribution >= 4 is 0 Å². The molecule has 2 atom stereocenters. The molecule has 0 amide bonds. The first-order chi connectivity index (χ1) is 6.84. The van der Waals surface area contributed by atoms with Gasteiger partial charge in [-0.3, -0.25) is 0 Å². The molecule has 2 saturated heterocycles. The summed E-state index contributed by atoms with van der Waals surface area (Å²) in [5.74, 6) is 0. The van der Waals surface area contributed by atoms with Crippen LogP contribution in [-0.4, -0.2) is 63.4 Å². The summed E-state index contributed by atoms with van der Waals surface area (Å²) in [6.45, 7) is 6.28. The number of rotatable bonds is 3. The Bertz CT molecular complexity index is 171. The monoisotopic (exact) mass is 199 g/mol. The molecule has 2 fully saturated rings. The maximum Gasteiger partial charge on any atom is 0.0826 e. The highest BCUT2D eigenvalue weighted by Gasteiger charge is 2.20. The Morgan fingerprint density at radius 3 is 3.21 bits per heavy atom. The predicted octanol–water partition coefficient (Wildman–Crippen LogP) is -0.731. The normalized spacial score (nSPS) is 34.9. The fraction of sp³-hybridized carbons (Fsp3) is 1.00. The van der Waals surface area contributed by atoms with Gasteiger partial charge in [0, 0.05) is 32.2 Å². The topological polar surface area (TPSA) is 36.5 Å². The summed E-state index contributed by atoms with van der Waals surface area (Å²) in [4.78, 5) is 2.34. The number of likely N-dealkylation sites (N-methyl/N-ethyl adjacent to an activating group) is 1. The summed E-state index contributed by atoms with van der Waals surface area (Å²) < 4.78 is 5.68. The molecule has 2 rings (SSSR count). The lowest BCUT2D eigenvalue weighted by Gasteiger charge is -2.30. The zero-order valence-electron chi connectivity index (χ0n) is 8.96. The molecule has 2 aliphatic rings. The van der Waals surface area contributed by atoms with E-state index in [4.69, 9.17) is 4.74 Å². The van der Waals surface area contributed by atoms with Gasteiger partial charge in [0.05, 0.1) is 12.7 Å². The van der Waals surface area contributed by atoms with E-state index in [1.54, 1.807) is 0 Å². The second-order valence-electron chi connectivity index (χ2n) is 4.35. The van der Waals surface area contributed by atoms with Crippen molar-refractivity contribution in [2.75, 3.05) is 46.4 Å². The molecule has 0 aliphatic carbocycles.